The van der Waals surface area contributed by atoms with E-state index in [4.69, 9.17) is 29.4 Å². The van der Waals surface area contributed by atoms with Crippen molar-refractivity contribution in [2.75, 3.05) is 19.0 Å². The molecule has 71 heavy (non-hydrogen) atoms. The summed E-state index contributed by atoms with van der Waals surface area (Å²) in [6.07, 6.45) is 18.1. The molecule has 20 nitrogen and oxygen atoms in total. The average Bonchev–Trinajstić information content (AvgIpc) is 3.31. The van der Waals surface area contributed by atoms with Crippen LogP contribution >= 0.6 is 27.4 Å². The number of ether oxygens (including phenoxy) is 2. The summed E-state index contributed by atoms with van der Waals surface area (Å²) in [5, 5.41) is 60.5. The Labute approximate surface area is 424 Å². The number of aliphatic carboxylic acids is 1. The molecule has 11 atom stereocenters. The molecule has 23 heteroatoms. The Hall–Kier alpha value is -2.30. The van der Waals surface area contributed by atoms with E-state index < -0.39 is 107 Å². The Balaban J connectivity index is 3.01. The number of aliphatic hydroxyl groups excluding tert-OH is 5. The van der Waals surface area contributed by atoms with Crippen LogP contribution in [0.5, 0.6) is 0 Å². The number of hydrogen-bond donors (Lipinski definition) is 10. The van der Waals surface area contributed by atoms with E-state index in [2.05, 4.69) is 30.5 Å². The Kier molecular flexibility index (Phi) is 36.8. The first-order valence-corrected chi connectivity index (χ1v) is 29.2. The number of phosphoric acid groups is 2. The lowest BCUT2D eigenvalue weighted by Gasteiger charge is -2.43. The van der Waals surface area contributed by atoms with E-state index in [9.17, 15) is 63.7 Å². The second-order valence-electron chi connectivity index (χ2n) is 17.8. The zero-order chi connectivity index (χ0) is 53.1. The van der Waals surface area contributed by atoms with Crippen LogP contribution < -0.4 is 5.73 Å². The molecule has 0 bridgehead atoms. The summed E-state index contributed by atoms with van der Waals surface area (Å²) in [5.74, 6) is -2.86. The molecule has 412 valence electrons. The van der Waals surface area contributed by atoms with Crippen LogP contribution in [-0.2, 0) is 46.6 Å². The number of allylic oxidation sites excluding steroid dienone is 7. The first-order valence-electron chi connectivity index (χ1n) is 25.1. The predicted molar refractivity (Wildman–Crippen MR) is 270 cm³/mol. The molecule has 0 aromatic heterocycles. The molecule has 0 saturated heterocycles. The Morgan fingerprint density at radius 3 is 1.79 bits per heavy atom. The van der Waals surface area contributed by atoms with Crippen LogP contribution in [0.4, 0.5) is 0 Å². The lowest BCUT2D eigenvalue weighted by atomic mass is 9.85. The lowest BCUT2D eigenvalue weighted by molar-refractivity contribution is -0.216. The molecule has 1 rings (SSSR count). The van der Waals surface area contributed by atoms with Crippen LogP contribution in [0.15, 0.2) is 48.6 Å². The van der Waals surface area contributed by atoms with Crippen molar-refractivity contribution in [1.82, 2.24) is 0 Å². The number of hydrogen-bond acceptors (Lipinski definition) is 17. The highest BCUT2D eigenvalue weighted by molar-refractivity contribution is 8.00. The maximum Gasteiger partial charge on any atom is 0.472 e. The number of esters is 2. The number of carbonyl (C=O) groups is 3. The fraction of sp³-hybridized carbons (Fsp3) is 0.771. The van der Waals surface area contributed by atoms with Gasteiger partial charge in [0.05, 0.1) is 12.7 Å². The minimum absolute atomic E-state index is 0.0644. The molecule has 1 saturated carbocycles. The van der Waals surface area contributed by atoms with Crippen molar-refractivity contribution >= 4 is 45.3 Å². The molecule has 0 spiro atoms. The standard InChI is InChI=1S/C48H85NO19P2S/c1-3-5-7-9-11-13-15-17-19-21-23-25-27-32-41(53)66-36(34-65-70(62,63)68-47-45(57)43(55)42(54)44(56)46(47)67-69(59,60)61)33-64-48(58)37(49)35-71-39(38(50)29-28-31-40(51)52)30-26-24-22-20-18-16-14-12-10-8-6-4-2/h12,14,18,20,22,24,26,30,36-39,42-47,50,54-57H,3-11,13,15-17,19,21,23,25,27-29,31-35,49H2,1-2H3,(H,51,52)(H,62,63)(H2,59,60,61)/b14-12-,20-18-,24-22+,30-26+/t36-,37+,38+,39-,42+,43+,44-,45-,46-,47+/m1/s1. The number of carbonyl (C=O) groups excluding carboxylic acids is 2. The summed E-state index contributed by atoms with van der Waals surface area (Å²) in [5.41, 5.74) is 6.17. The van der Waals surface area contributed by atoms with Gasteiger partial charge in [0, 0.05) is 23.8 Å². The second-order valence-corrected chi connectivity index (χ2v) is 21.6. The molecule has 1 fully saturated rings. The number of carboxylic acid groups (broad SMARTS) is 1. The van der Waals surface area contributed by atoms with Crippen LogP contribution in [0.3, 0.4) is 0 Å². The SMILES string of the molecule is CCCCC/C=C\C\C=C/C=C/C=C/[C@@H](SC[C@H](N)C(=O)OC[C@H](COP(=O)(O)O[C@H]1[C@H](O)[C@@H](O)[C@H](O)[C@@H](O)[C@H]1OP(=O)(O)O)OC(=O)CCCCCCCCCCCCCCC)[C@@H](O)CCCC(=O)O. The number of thioether (sulfide) groups is 1. The number of rotatable bonds is 42. The first kappa shape index (κ1) is 66.7. The van der Waals surface area contributed by atoms with E-state index in [-0.39, 0.29) is 31.4 Å². The Morgan fingerprint density at radius 1 is 0.662 bits per heavy atom. The van der Waals surface area contributed by atoms with Crippen molar-refractivity contribution in [3.8, 4) is 0 Å². The highest BCUT2D eigenvalue weighted by Crippen LogP contribution is 2.50. The van der Waals surface area contributed by atoms with Crippen molar-refractivity contribution in [1.29, 1.82) is 0 Å². The number of carboxylic acids is 1. The average molecular weight is 1070 g/mol. The first-order chi connectivity index (χ1) is 33.7. The van der Waals surface area contributed by atoms with Gasteiger partial charge < -0.3 is 60.5 Å². The minimum atomic E-state index is -5.50. The van der Waals surface area contributed by atoms with E-state index in [0.29, 0.717) is 6.42 Å². The monoisotopic (exact) mass is 1070 g/mol. The van der Waals surface area contributed by atoms with Gasteiger partial charge in [-0.25, -0.2) is 9.13 Å². The van der Waals surface area contributed by atoms with Gasteiger partial charge in [-0.15, -0.1) is 11.8 Å². The van der Waals surface area contributed by atoms with Gasteiger partial charge in [0.1, 0.15) is 49.3 Å². The van der Waals surface area contributed by atoms with Gasteiger partial charge in [0.25, 0.3) is 0 Å². The lowest BCUT2D eigenvalue weighted by Crippen LogP contribution is -2.64. The Morgan fingerprint density at radius 2 is 1.21 bits per heavy atom. The fourth-order valence-electron chi connectivity index (χ4n) is 7.34. The summed E-state index contributed by atoms with van der Waals surface area (Å²) < 4.78 is 49.9. The number of unbranched alkanes of at least 4 members (excludes halogenated alkanes) is 15. The van der Waals surface area contributed by atoms with E-state index in [1.165, 1.54) is 57.8 Å². The van der Waals surface area contributed by atoms with Gasteiger partial charge in [-0.1, -0.05) is 152 Å². The number of phosphoric ester groups is 2. The molecule has 1 aliphatic carbocycles. The van der Waals surface area contributed by atoms with Crippen LogP contribution in [-0.4, -0.2) is 142 Å². The van der Waals surface area contributed by atoms with Gasteiger partial charge >= 0.3 is 33.6 Å². The zero-order valence-electron chi connectivity index (χ0n) is 41.6. The molecule has 1 aliphatic rings. The summed E-state index contributed by atoms with van der Waals surface area (Å²) >= 11 is 1.11. The maximum atomic E-state index is 13.2. The van der Waals surface area contributed by atoms with E-state index in [1.54, 1.807) is 18.2 Å². The van der Waals surface area contributed by atoms with Gasteiger partial charge in [0.2, 0.25) is 0 Å². The van der Waals surface area contributed by atoms with Gasteiger partial charge in [-0.05, 0) is 38.5 Å². The second kappa shape index (κ2) is 39.2. The molecular formula is C48H85NO19P2S. The smallest absolute Gasteiger partial charge is 0.472 e. The highest BCUT2D eigenvalue weighted by atomic mass is 32.2. The molecular weight excluding hydrogens is 989 g/mol. The third-order valence-electron chi connectivity index (χ3n) is 11.4. The van der Waals surface area contributed by atoms with Gasteiger partial charge in [-0.3, -0.25) is 28.0 Å². The quantitative estimate of drug-likeness (QED) is 0.0101. The zero-order valence-corrected chi connectivity index (χ0v) is 44.2. The molecule has 0 radical (unpaired) electrons. The normalized spacial score (nSPS) is 22.5. The van der Waals surface area contributed by atoms with Crippen LogP contribution in [0.2, 0.25) is 0 Å². The molecule has 1 unspecified atom stereocenters. The van der Waals surface area contributed by atoms with Gasteiger partial charge in [0.15, 0.2) is 6.10 Å². The van der Waals surface area contributed by atoms with Crippen LogP contribution in [0.1, 0.15) is 155 Å². The summed E-state index contributed by atoms with van der Waals surface area (Å²) in [4.78, 5) is 66.6. The van der Waals surface area contributed by atoms with Crippen molar-refractivity contribution in [3.63, 3.8) is 0 Å². The molecule has 0 aromatic carbocycles. The molecule has 11 N–H and O–H groups in total. The van der Waals surface area contributed by atoms with Crippen molar-refractivity contribution in [2.45, 2.75) is 215 Å². The largest absolute Gasteiger partial charge is 0.481 e. The van der Waals surface area contributed by atoms with Crippen LogP contribution in [0.25, 0.3) is 0 Å². The molecule has 0 heterocycles. The number of nitrogens with two attached hydrogens (primary N) is 1. The number of aliphatic hydroxyl groups is 5. The van der Waals surface area contributed by atoms with Gasteiger partial charge in [-0.2, -0.15) is 0 Å². The highest BCUT2D eigenvalue weighted by Gasteiger charge is 2.54. The Bertz CT molecular complexity index is 1680. The van der Waals surface area contributed by atoms with Crippen molar-refractivity contribution in [2.24, 2.45) is 5.73 Å². The van der Waals surface area contributed by atoms with Crippen molar-refractivity contribution in [3.05, 3.63) is 48.6 Å². The van der Waals surface area contributed by atoms with E-state index in [0.717, 1.165) is 63.1 Å². The summed E-state index contributed by atoms with van der Waals surface area (Å²) in [6, 6.07) is -1.31. The van der Waals surface area contributed by atoms with E-state index >= 15 is 0 Å². The van der Waals surface area contributed by atoms with E-state index in [1.807, 2.05) is 18.2 Å². The third-order valence-corrected chi connectivity index (χ3v) is 14.3. The topological polar surface area (TPSA) is 340 Å². The summed E-state index contributed by atoms with van der Waals surface area (Å²) in [7, 11) is -11.0. The third kappa shape index (κ3) is 32.6. The minimum Gasteiger partial charge on any atom is -0.481 e. The molecule has 0 amide bonds. The van der Waals surface area contributed by atoms with Crippen LogP contribution in [0, 0.1) is 0 Å². The fourth-order valence-corrected chi connectivity index (χ4v) is 10.0. The van der Waals surface area contributed by atoms with Crippen molar-refractivity contribution < 1.29 is 91.9 Å². The predicted octanol–water partition coefficient (Wildman–Crippen LogP) is 6.60. The maximum absolute atomic E-state index is 13.2. The summed E-state index contributed by atoms with van der Waals surface area (Å²) in [6.45, 7) is 2.60. The molecule has 0 aromatic rings. The molecule has 0 aliphatic heterocycles.